The van der Waals surface area contributed by atoms with Crippen LogP contribution in [0.25, 0.3) is 110 Å². The average molecular weight is 701 g/mol. The normalized spacial score (nSPS) is 13.8. The Labute approximate surface area is 315 Å². The summed E-state index contributed by atoms with van der Waals surface area (Å²) in [5, 5.41) is 11.0. The molecule has 0 bridgehead atoms. The molecule has 0 unspecified atom stereocenters. The van der Waals surface area contributed by atoms with E-state index < -0.39 is 0 Å². The maximum absolute atomic E-state index is 5.54. The second kappa shape index (κ2) is 10.1. The molecule has 4 heterocycles. The van der Waals surface area contributed by atoms with Gasteiger partial charge in [0.2, 0.25) is 5.95 Å². The van der Waals surface area contributed by atoms with Gasteiger partial charge in [0, 0.05) is 43.3 Å². The molecule has 8 aromatic carbocycles. The van der Waals surface area contributed by atoms with Crippen LogP contribution in [-0.2, 0) is 5.41 Å². The van der Waals surface area contributed by atoms with Gasteiger partial charge in [-0.05, 0) is 74.8 Å². The minimum Gasteiger partial charge on any atom is -0.308 e. The van der Waals surface area contributed by atoms with Crippen molar-refractivity contribution in [2.24, 2.45) is 0 Å². The lowest BCUT2D eigenvalue weighted by Crippen LogP contribution is -2.14. The first-order chi connectivity index (χ1) is 27.1. The van der Waals surface area contributed by atoms with Gasteiger partial charge in [0.25, 0.3) is 0 Å². The molecule has 256 valence electrons. The van der Waals surface area contributed by atoms with E-state index in [1.807, 2.05) is 0 Å². The van der Waals surface area contributed by atoms with Crippen molar-refractivity contribution in [1.82, 2.24) is 18.9 Å². The van der Waals surface area contributed by atoms with Crippen molar-refractivity contribution in [2.75, 3.05) is 0 Å². The van der Waals surface area contributed by atoms with Crippen molar-refractivity contribution in [1.29, 1.82) is 0 Å². The van der Waals surface area contributed by atoms with Gasteiger partial charge < -0.3 is 4.40 Å². The highest BCUT2D eigenvalue weighted by Gasteiger charge is 2.38. The van der Waals surface area contributed by atoms with Gasteiger partial charge >= 0.3 is 0 Å². The van der Waals surface area contributed by atoms with Crippen LogP contribution in [0.4, 0.5) is 0 Å². The van der Waals surface area contributed by atoms with E-state index in [1.165, 1.54) is 76.5 Å². The number of rotatable bonds is 2. The predicted octanol–water partition coefficient (Wildman–Crippen LogP) is 13.0. The molecule has 13 rings (SSSR count). The van der Waals surface area contributed by atoms with Crippen LogP contribution in [0.5, 0.6) is 0 Å². The monoisotopic (exact) mass is 700 g/mol. The number of hydrogen-bond donors (Lipinski definition) is 0. The molecule has 1 aliphatic rings. The average Bonchev–Trinajstić information content (AvgIpc) is 3.79. The zero-order valence-electron chi connectivity index (χ0n) is 30.3. The summed E-state index contributed by atoms with van der Waals surface area (Å²) in [6.07, 6.45) is 0. The summed E-state index contributed by atoms with van der Waals surface area (Å²) >= 11 is 0. The summed E-state index contributed by atoms with van der Waals surface area (Å²) in [5.41, 5.74) is 14.1. The first-order valence-electron chi connectivity index (χ1n) is 19.1. The molecule has 0 amide bonds. The van der Waals surface area contributed by atoms with Crippen LogP contribution >= 0.6 is 0 Å². The van der Waals surface area contributed by atoms with Gasteiger partial charge in [0.15, 0.2) is 0 Å². The van der Waals surface area contributed by atoms with Crippen LogP contribution in [0.15, 0.2) is 158 Å². The van der Waals surface area contributed by atoms with E-state index >= 15 is 0 Å². The molecule has 0 N–H and O–H groups in total. The van der Waals surface area contributed by atoms with E-state index in [2.05, 4.69) is 181 Å². The van der Waals surface area contributed by atoms with E-state index in [0.29, 0.717) is 5.95 Å². The quantitative estimate of drug-likeness (QED) is 0.168. The zero-order chi connectivity index (χ0) is 36.2. The fraction of sp³-hybridized carbons (Fsp3) is 0.0588. The fourth-order valence-corrected chi connectivity index (χ4v) is 10.3. The lowest BCUT2D eigenvalue weighted by Gasteiger charge is -2.21. The summed E-state index contributed by atoms with van der Waals surface area (Å²) in [6, 6.07) is 57.5. The van der Waals surface area contributed by atoms with Gasteiger partial charge in [0.05, 0.1) is 38.8 Å². The van der Waals surface area contributed by atoms with Gasteiger partial charge in [-0.1, -0.05) is 135 Å². The Morgan fingerprint density at radius 2 is 1.16 bits per heavy atom. The minimum absolute atomic E-state index is 0.148. The zero-order valence-corrected chi connectivity index (χ0v) is 30.3. The molecule has 12 aromatic rings. The molecule has 0 saturated carbocycles. The number of benzene rings is 8. The van der Waals surface area contributed by atoms with E-state index in [4.69, 9.17) is 9.97 Å². The highest BCUT2D eigenvalue weighted by Crippen LogP contribution is 2.55. The lowest BCUT2D eigenvalue weighted by molar-refractivity contribution is 0.661. The first kappa shape index (κ1) is 29.4. The van der Waals surface area contributed by atoms with Gasteiger partial charge in [0.1, 0.15) is 0 Å². The van der Waals surface area contributed by atoms with Crippen molar-refractivity contribution in [2.45, 2.75) is 19.3 Å². The Morgan fingerprint density at radius 1 is 0.473 bits per heavy atom. The SMILES string of the molecule is CC1(C)c2ccccc2-c2c1cc1c3ccccc3n3c4cccc5c4c4c(cccc4n5-c4nc(-c5ccccc5)c5c(ccc6ccccc65)n4)c2c13. The Kier molecular flexibility index (Phi) is 5.42. The summed E-state index contributed by atoms with van der Waals surface area (Å²) < 4.78 is 4.86. The number of fused-ring (bicyclic) bond motifs is 12. The third-order valence-electron chi connectivity index (χ3n) is 12.6. The van der Waals surface area contributed by atoms with Crippen LogP contribution in [0.1, 0.15) is 25.0 Å². The summed E-state index contributed by atoms with van der Waals surface area (Å²) in [5.74, 6) is 0.670. The van der Waals surface area contributed by atoms with Crippen molar-refractivity contribution < 1.29 is 0 Å². The Morgan fingerprint density at radius 3 is 2.05 bits per heavy atom. The fourth-order valence-electron chi connectivity index (χ4n) is 10.3. The highest BCUT2D eigenvalue weighted by molar-refractivity contribution is 6.34. The molecule has 55 heavy (non-hydrogen) atoms. The smallest absolute Gasteiger partial charge is 0.235 e. The Bertz CT molecular complexity index is 3620. The molecule has 0 aliphatic heterocycles. The van der Waals surface area contributed by atoms with Crippen LogP contribution in [0.2, 0.25) is 0 Å². The van der Waals surface area contributed by atoms with Gasteiger partial charge in [-0.3, -0.25) is 4.57 Å². The summed E-state index contributed by atoms with van der Waals surface area (Å²) in [7, 11) is 0. The molecular formula is C51H32N4. The second-order valence-corrected chi connectivity index (χ2v) is 15.7. The van der Waals surface area contributed by atoms with Crippen LogP contribution < -0.4 is 0 Å². The van der Waals surface area contributed by atoms with Crippen molar-refractivity contribution in [3.63, 3.8) is 0 Å². The number of hydrogen-bond acceptors (Lipinski definition) is 2. The predicted molar refractivity (Wildman–Crippen MR) is 229 cm³/mol. The molecule has 0 radical (unpaired) electrons. The largest absolute Gasteiger partial charge is 0.308 e. The third kappa shape index (κ3) is 3.57. The maximum Gasteiger partial charge on any atom is 0.235 e. The molecule has 0 saturated heterocycles. The lowest BCUT2D eigenvalue weighted by atomic mass is 9.81. The molecular weight excluding hydrogens is 669 g/mol. The maximum atomic E-state index is 5.54. The molecule has 4 aromatic heterocycles. The van der Waals surface area contributed by atoms with Crippen molar-refractivity contribution in [3.05, 3.63) is 169 Å². The number of para-hydroxylation sites is 1. The standard InChI is InChI=1S/C51H32N4/c1-51(2)36-21-10-8-19-33(36)43-37(51)28-35-32-18-9-11-22-39(32)54-41-24-13-25-42-47(41)45-34(46(43)49(35)54)20-12-23-40(45)55(42)50-52-38-27-26-29-14-6-7-17-31(29)44(38)48(53-50)30-15-4-3-5-16-30/h3-28H,1-2H3. The van der Waals surface area contributed by atoms with E-state index in [1.54, 1.807) is 0 Å². The molecule has 0 atom stereocenters. The van der Waals surface area contributed by atoms with Crippen molar-refractivity contribution in [3.8, 4) is 28.3 Å². The molecule has 4 heteroatoms. The van der Waals surface area contributed by atoms with Gasteiger partial charge in [-0.15, -0.1) is 0 Å². The van der Waals surface area contributed by atoms with Crippen LogP contribution in [0, 0.1) is 0 Å². The topological polar surface area (TPSA) is 35.1 Å². The Balaban J connectivity index is 1.27. The van der Waals surface area contributed by atoms with Gasteiger partial charge in [-0.2, -0.15) is 0 Å². The van der Waals surface area contributed by atoms with E-state index in [0.717, 1.165) is 38.6 Å². The van der Waals surface area contributed by atoms with Crippen molar-refractivity contribution >= 4 is 81.6 Å². The molecule has 0 spiro atoms. The molecule has 0 fully saturated rings. The van der Waals surface area contributed by atoms with Crippen LogP contribution in [0.3, 0.4) is 0 Å². The van der Waals surface area contributed by atoms with Gasteiger partial charge in [-0.25, -0.2) is 9.97 Å². The van der Waals surface area contributed by atoms with E-state index in [-0.39, 0.29) is 5.41 Å². The van der Waals surface area contributed by atoms with Crippen LogP contribution in [-0.4, -0.2) is 18.9 Å². The number of aromatic nitrogens is 4. The number of nitrogens with zero attached hydrogens (tertiary/aromatic N) is 4. The molecule has 4 nitrogen and oxygen atoms in total. The minimum atomic E-state index is -0.148. The summed E-state index contributed by atoms with van der Waals surface area (Å²) in [6.45, 7) is 4.78. The summed E-state index contributed by atoms with van der Waals surface area (Å²) in [4.78, 5) is 11.0. The second-order valence-electron chi connectivity index (χ2n) is 15.7. The molecule has 1 aliphatic carbocycles. The Hall–Kier alpha value is -7.04. The highest BCUT2D eigenvalue weighted by atomic mass is 15.2. The van der Waals surface area contributed by atoms with E-state index in [9.17, 15) is 0 Å². The third-order valence-corrected chi connectivity index (χ3v) is 12.6. The first-order valence-corrected chi connectivity index (χ1v) is 19.1.